The fraction of sp³-hybridized carbons (Fsp3) is 0.400. The van der Waals surface area contributed by atoms with Gasteiger partial charge in [0.05, 0.1) is 12.6 Å². The van der Waals surface area contributed by atoms with E-state index in [4.69, 9.17) is 28.9 Å². The van der Waals surface area contributed by atoms with Crippen molar-refractivity contribution in [3.63, 3.8) is 0 Å². The molecular weight excluding hydrogens is 480 g/mol. The van der Waals surface area contributed by atoms with Gasteiger partial charge in [-0.3, -0.25) is 0 Å². The second kappa shape index (κ2) is 9.74. The molecule has 0 radical (unpaired) electrons. The summed E-state index contributed by atoms with van der Waals surface area (Å²) in [6.07, 6.45) is 0. The fourth-order valence-electron chi connectivity index (χ4n) is 1.91. The number of hydrogen-bond donors (Lipinski definition) is 2. The van der Waals surface area contributed by atoms with Crippen LogP contribution in [-0.2, 0) is 6.54 Å². The summed E-state index contributed by atoms with van der Waals surface area (Å²) in [5.74, 6) is 0.706. The normalized spacial score (nSPS) is 12.8. The van der Waals surface area contributed by atoms with Crippen molar-refractivity contribution >= 4 is 64.5 Å². The molecule has 1 atom stereocenters. The van der Waals surface area contributed by atoms with Crippen LogP contribution in [0.1, 0.15) is 48.3 Å². The van der Waals surface area contributed by atoms with Crippen LogP contribution in [0.5, 0.6) is 0 Å². The maximum atomic E-state index is 6.19. The number of halogens is 3. The second-order valence-corrected chi connectivity index (χ2v) is 7.36. The minimum absolute atomic E-state index is 0. The monoisotopic (exact) mass is 499 g/mol. The SMILES string of the molecule is CC(C)c1nnc(CN=C(N)NC(C)c2ccc(Cl)cc2Cl)s1.I. The first-order valence-corrected chi connectivity index (χ1v) is 8.77. The largest absolute Gasteiger partial charge is 0.370 e. The third-order valence-electron chi connectivity index (χ3n) is 3.15. The topological polar surface area (TPSA) is 76.2 Å². The van der Waals surface area contributed by atoms with Crippen molar-refractivity contribution in [1.29, 1.82) is 0 Å². The number of nitrogens with zero attached hydrogens (tertiary/aromatic N) is 3. The zero-order valence-corrected chi connectivity index (χ0v) is 18.2. The maximum absolute atomic E-state index is 6.19. The molecule has 0 aliphatic rings. The Morgan fingerprint density at radius 3 is 2.58 bits per heavy atom. The smallest absolute Gasteiger partial charge is 0.189 e. The van der Waals surface area contributed by atoms with E-state index in [1.54, 1.807) is 23.5 Å². The van der Waals surface area contributed by atoms with E-state index in [1.165, 1.54) is 0 Å². The minimum Gasteiger partial charge on any atom is -0.370 e. The van der Waals surface area contributed by atoms with E-state index >= 15 is 0 Å². The van der Waals surface area contributed by atoms with Crippen LogP contribution in [0.25, 0.3) is 0 Å². The first kappa shape index (κ1) is 21.4. The lowest BCUT2D eigenvalue weighted by atomic mass is 10.1. The lowest BCUT2D eigenvalue weighted by Gasteiger charge is -2.16. The third-order valence-corrected chi connectivity index (χ3v) is 4.93. The van der Waals surface area contributed by atoms with Gasteiger partial charge in [0, 0.05) is 16.0 Å². The first-order valence-electron chi connectivity index (χ1n) is 7.20. The van der Waals surface area contributed by atoms with Crippen molar-refractivity contribution in [1.82, 2.24) is 15.5 Å². The van der Waals surface area contributed by atoms with Crippen LogP contribution in [0, 0.1) is 0 Å². The summed E-state index contributed by atoms with van der Waals surface area (Å²) in [6.45, 7) is 6.53. The van der Waals surface area contributed by atoms with E-state index in [9.17, 15) is 0 Å². The predicted octanol–water partition coefficient (Wildman–Crippen LogP) is 4.75. The summed E-state index contributed by atoms with van der Waals surface area (Å²) in [5, 5.41) is 14.4. The van der Waals surface area contributed by atoms with E-state index in [0.717, 1.165) is 15.6 Å². The zero-order valence-electron chi connectivity index (χ0n) is 13.6. The van der Waals surface area contributed by atoms with Gasteiger partial charge in [0.2, 0.25) is 0 Å². The molecule has 0 spiro atoms. The van der Waals surface area contributed by atoms with Gasteiger partial charge in [-0.15, -0.1) is 34.2 Å². The van der Waals surface area contributed by atoms with Crippen molar-refractivity contribution in [2.45, 2.75) is 39.3 Å². The van der Waals surface area contributed by atoms with Gasteiger partial charge in [0.25, 0.3) is 0 Å². The Hall–Kier alpha value is -0.640. The van der Waals surface area contributed by atoms with Crippen LogP contribution in [0.15, 0.2) is 23.2 Å². The Morgan fingerprint density at radius 1 is 1.29 bits per heavy atom. The Balaban J connectivity index is 0.00000288. The number of nitrogens with one attached hydrogen (secondary N) is 1. The maximum Gasteiger partial charge on any atom is 0.189 e. The van der Waals surface area contributed by atoms with Crippen LogP contribution in [0.2, 0.25) is 10.0 Å². The molecule has 0 amide bonds. The van der Waals surface area contributed by atoms with Crippen molar-refractivity contribution in [3.05, 3.63) is 43.8 Å². The van der Waals surface area contributed by atoms with Crippen LogP contribution >= 0.6 is 58.5 Å². The lowest BCUT2D eigenvalue weighted by Crippen LogP contribution is -2.34. The molecule has 1 unspecified atom stereocenters. The molecule has 0 saturated heterocycles. The molecule has 5 nitrogen and oxygen atoms in total. The average Bonchev–Trinajstić information content (AvgIpc) is 2.94. The quantitative estimate of drug-likeness (QED) is 0.353. The number of guanidine groups is 1. The summed E-state index contributed by atoms with van der Waals surface area (Å²) in [6, 6.07) is 5.29. The molecule has 2 aromatic rings. The minimum atomic E-state index is -0.0795. The molecule has 0 aliphatic carbocycles. The molecule has 0 fully saturated rings. The van der Waals surface area contributed by atoms with E-state index in [0.29, 0.717) is 28.5 Å². The van der Waals surface area contributed by atoms with Gasteiger partial charge < -0.3 is 11.1 Å². The zero-order chi connectivity index (χ0) is 17.0. The van der Waals surface area contributed by atoms with Crippen molar-refractivity contribution in [2.24, 2.45) is 10.7 Å². The van der Waals surface area contributed by atoms with E-state index < -0.39 is 0 Å². The molecule has 1 aromatic carbocycles. The fourth-order valence-corrected chi connectivity index (χ4v) is 3.26. The van der Waals surface area contributed by atoms with Gasteiger partial charge in [-0.05, 0) is 24.6 Å². The molecule has 9 heteroatoms. The molecule has 0 aliphatic heterocycles. The first-order chi connectivity index (χ1) is 10.9. The van der Waals surface area contributed by atoms with Crippen LogP contribution in [0.3, 0.4) is 0 Å². The summed E-state index contributed by atoms with van der Waals surface area (Å²) >= 11 is 13.6. The molecule has 24 heavy (non-hydrogen) atoms. The van der Waals surface area contributed by atoms with Crippen LogP contribution in [0.4, 0.5) is 0 Å². The van der Waals surface area contributed by atoms with Gasteiger partial charge >= 0.3 is 0 Å². The average molecular weight is 500 g/mol. The van der Waals surface area contributed by atoms with Crippen molar-refractivity contribution < 1.29 is 0 Å². The Labute approximate surface area is 173 Å². The Morgan fingerprint density at radius 2 is 2.00 bits per heavy atom. The molecule has 1 heterocycles. The molecule has 132 valence electrons. The highest BCUT2D eigenvalue weighted by Crippen LogP contribution is 2.26. The Bertz CT molecular complexity index is 705. The van der Waals surface area contributed by atoms with Crippen LogP contribution in [-0.4, -0.2) is 16.2 Å². The molecule has 0 saturated carbocycles. The predicted molar refractivity (Wildman–Crippen MR) is 113 cm³/mol. The third kappa shape index (κ3) is 6.02. The highest BCUT2D eigenvalue weighted by molar-refractivity contribution is 14.0. The number of aliphatic imine (C=N–C) groups is 1. The van der Waals surface area contributed by atoms with Crippen LogP contribution < -0.4 is 11.1 Å². The van der Waals surface area contributed by atoms with Gasteiger partial charge in [-0.25, -0.2) is 4.99 Å². The molecule has 3 N–H and O–H groups in total. The number of nitrogens with two attached hydrogens (primary N) is 1. The lowest BCUT2D eigenvalue weighted by molar-refractivity contribution is 0.707. The number of hydrogen-bond acceptors (Lipinski definition) is 4. The van der Waals surface area contributed by atoms with Gasteiger partial charge in [-0.1, -0.05) is 54.5 Å². The van der Waals surface area contributed by atoms with Gasteiger partial charge in [0.1, 0.15) is 10.0 Å². The number of rotatable bonds is 5. The van der Waals surface area contributed by atoms with E-state index in [1.807, 2.05) is 13.0 Å². The van der Waals surface area contributed by atoms with Crippen molar-refractivity contribution in [2.75, 3.05) is 0 Å². The van der Waals surface area contributed by atoms with Crippen molar-refractivity contribution in [3.8, 4) is 0 Å². The van der Waals surface area contributed by atoms with E-state index in [2.05, 4.69) is 34.4 Å². The molecule has 0 bridgehead atoms. The Kier molecular flexibility index (Phi) is 8.69. The standard InChI is InChI=1S/C15H19Cl2N5S.HI/c1-8(2)14-22-21-13(23-14)7-19-15(18)20-9(3)11-5-4-10(16)6-12(11)17;/h4-6,8-9H,7H2,1-3H3,(H3,18,19,20);1H. The summed E-state index contributed by atoms with van der Waals surface area (Å²) < 4.78 is 0. The number of aromatic nitrogens is 2. The highest BCUT2D eigenvalue weighted by atomic mass is 127. The van der Waals surface area contributed by atoms with Gasteiger partial charge in [0.15, 0.2) is 5.96 Å². The summed E-state index contributed by atoms with van der Waals surface area (Å²) in [5.41, 5.74) is 6.84. The van der Waals surface area contributed by atoms with Gasteiger partial charge in [-0.2, -0.15) is 0 Å². The highest BCUT2D eigenvalue weighted by Gasteiger charge is 2.11. The molecule has 2 rings (SSSR count). The van der Waals surface area contributed by atoms with E-state index in [-0.39, 0.29) is 30.0 Å². The second-order valence-electron chi connectivity index (χ2n) is 5.42. The molecule has 1 aromatic heterocycles. The number of benzene rings is 1. The summed E-state index contributed by atoms with van der Waals surface area (Å²) in [7, 11) is 0. The summed E-state index contributed by atoms with van der Waals surface area (Å²) in [4.78, 5) is 4.30. The molecular formula is C15H20Cl2IN5S.